The largest absolute Gasteiger partial charge is 0.479 e. The molecule has 0 fully saturated rings. The van der Waals surface area contributed by atoms with E-state index in [0.717, 1.165) is 38.5 Å². The Hall–Kier alpha value is -2.95. The van der Waals surface area contributed by atoms with Gasteiger partial charge in [0.15, 0.2) is 12.5 Å². The van der Waals surface area contributed by atoms with Gasteiger partial charge in [-0.2, -0.15) is 0 Å². The fourth-order valence-corrected chi connectivity index (χ4v) is 9.47. The van der Waals surface area contributed by atoms with Crippen LogP contribution in [0.15, 0.2) is 66.1 Å². The van der Waals surface area contributed by atoms with E-state index in [1.165, 1.54) is 0 Å². The first-order chi connectivity index (χ1) is 25.6. The summed E-state index contributed by atoms with van der Waals surface area (Å²) in [5.41, 5.74) is 10.9. The molecule has 1 heterocycles. The van der Waals surface area contributed by atoms with Gasteiger partial charge in [-0.1, -0.05) is 66.8 Å². The van der Waals surface area contributed by atoms with Gasteiger partial charge in [0.1, 0.15) is 13.5 Å². The molecule has 11 nitrogen and oxygen atoms in total. The fourth-order valence-electron chi connectivity index (χ4n) is 5.29. The number of carboxylic acid groups (broad SMARTS) is 1. The minimum absolute atomic E-state index is 0.0300. The number of fused-ring (bicyclic) bond motifs is 1. The van der Waals surface area contributed by atoms with Crippen LogP contribution in [-0.2, 0) is 41.3 Å². The standard InChI is InChI=1S/C38H47Cl2IN4O7S2Si/c1-26(52-22-37(46)47)44(24-51-14-16-55(5,6)7)35-19-30(39)29(18-33(35)42)12-11-27-9-8-10-28(17-27)23-53(2,3)15-13-50-25-45-36-20-31(40)32(41)21-34(36)43-38(45)54(4,48)49/h8-10,17-21H,1,13-16,22-25,42H2,2-7H3,(H,46,47). The van der Waals surface area contributed by atoms with Gasteiger partial charge in [-0.3, -0.25) is 9.47 Å². The predicted molar refractivity (Wildman–Crippen MR) is 237 cm³/mol. The molecule has 0 saturated heterocycles. The van der Waals surface area contributed by atoms with Crippen LogP contribution in [0.3, 0.4) is 0 Å². The number of hydrogen-bond acceptors (Lipinski definition) is 9. The van der Waals surface area contributed by atoms with Crippen molar-refractivity contribution in [1.82, 2.24) is 9.55 Å². The normalized spacial score (nSPS) is 12.3. The quantitative estimate of drug-likeness (QED) is 0.0190. The molecule has 1 aromatic heterocycles. The topological polar surface area (TPSA) is 146 Å². The summed E-state index contributed by atoms with van der Waals surface area (Å²) < 4.78 is 44.7. The first kappa shape index (κ1) is 44.8. The first-order valence-electron chi connectivity index (χ1n) is 17.0. The maximum Gasteiger partial charge on any atom is 0.341 e. The van der Waals surface area contributed by atoms with Crippen LogP contribution < -0.4 is 10.6 Å². The Balaban J connectivity index is 1.43. The van der Waals surface area contributed by atoms with E-state index in [4.69, 9.17) is 48.3 Å². The highest BCUT2D eigenvalue weighted by Gasteiger charge is 2.22. The number of imidazole rings is 1. The molecule has 4 rings (SSSR count). The number of halogens is 3. The molecule has 0 aliphatic carbocycles. The summed E-state index contributed by atoms with van der Waals surface area (Å²) in [7, 11) is -6.09. The number of nitrogen functional groups attached to an aromatic ring is 1. The summed E-state index contributed by atoms with van der Waals surface area (Å²) in [4.78, 5) is 17.1. The Morgan fingerprint density at radius 3 is 2.45 bits per heavy atom. The van der Waals surface area contributed by atoms with Crippen LogP contribution in [0.25, 0.3) is 11.0 Å². The second-order valence-electron chi connectivity index (χ2n) is 14.7. The number of carboxylic acids is 1. The molecule has 0 aliphatic rings. The van der Waals surface area contributed by atoms with Gasteiger partial charge in [0.25, 0.3) is 0 Å². The monoisotopic (exact) mass is 960 g/mol. The molecule has 3 aromatic carbocycles. The van der Waals surface area contributed by atoms with Gasteiger partial charge in [-0.15, -0.1) is 0 Å². The van der Waals surface area contributed by atoms with E-state index >= 15 is 0 Å². The van der Waals surface area contributed by atoms with Crippen molar-refractivity contribution in [3.63, 3.8) is 0 Å². The lowest BCUT2D eigenvalue weighted by atomic mass is 10.1. The molecule has 55 heavy (non-hydrogen) atoms. The van der Waals surface area contributed by atoms with Crippen LogP contribution in [0.5, 0.6) is 0 Å². The Morgan fingerprint density at radius 1 is 1.05 bits per heavy atom. The summed E-state index contributed by atoms with van der Waals surface area (Å²) >= 11 is 15.2. The van der Waals surface area contributed by atoms with Crippen LogP contribution in [0.4, 0.5) is 11.4 Å². The first-order valence-corrected chi connectivity index (χ1v) is 27.3. The van der Waals surface area contributed by atoms with Crippen molar-refractivity contribution in [2.45, 2.75) is 43.3 Å². The number of sulfone groups is 1. The van der Waals surface area contributed by atoms with E-state index in [1.54, 1.807) is 33.7 Å². The van der Waals surface area contributed by atoms with Crippen LogP contribution in [0.2, 0.25) is 35.7 Å². The highest BCUT2D eigenvalue weighted by molar-refractivity contribution is 14.1. The highest BCUT2D eigenvalue weighted by atomic mass is 127. The number of rotatable bonds is 18. The van der Waals surface area contributed by atoms with Crippen LogP contribution in [-0.4, -0.2) is 88.2 Å². The summed E-state index contributed by atoms with van der Waals surface area (Å²) in [6.45, 7) is 11.1. The number of aromatic nitrogens is 2. The molecule has 0 aliphatic heterocycles. The zero-order valence-electron chi connectivity index (χ0n) is 31.7. The molecule has 17 heteroatoms. The fraction of sp³-hybridized carbons (Fsp3) is 0.368. The molecule has 0 bridgehead atoms. The van der Waals surface area contributed by atoms with Crippen molar-refractivity contribution >= 4 is 102 Å². The maximum absolute atomic E-state index is 12.5. The molecule has 0 spiro atoms. The lowest BCUT2D eigenvalue weighted by Gasteiger charge is -2.31. The van der Waals surface area contributed by atoms with Gasteiger partial charge in [-0.25, -0.2) is 28.2 Å². The number of nitrogens with zero attached hydrogens (tertiary/aromatic N) is 3. The zero-order chi connectivity index (χ0) is 40.7. The van der Waals surface area contributed by atoms with Gasteiger partial charge in [0.05, 0.1) is 39.1 Å². The molecule has 0 saturated carbocycles. The van der Waals surface area contributed by atoms with Crippen molar-refractivity contribution in [2.75, 3.05) is 61.7 Å². The SMILES string of the molecule is C=C(OCC(=O)O)N(COCC[Si](C)(C)C)c1cc(Cl)c(C#Cc2cccc(CS(C)(C)CCOCn3c(S(C)(=O)=O)nc4cc(I)c(Cl)cc43)c2)cc1N. The number of benzene rings is 3. The van der Waals surface area contributed by atoms with E-state index in [-0.39, 0.29) is 24.5 Å². The number of aliphatic carboxylic acids is 1. The smallest absolute Gasteiger partial charge is 0.341 e. The van der Waals surface area contributed by atoms with Gasteiger partial charge in [-0.05, 0) is 89.7 Å². The van der Waals surface area contributed by atoms with Gasteiger partial charge in [0.2, 0.25) is 15.0 Å². The molecular formula is C38H47Cl2IN4O7S2Si. The third kappa shape index (κ3) is 13.3. The highest BCUT2D eigenvalue weighted by Crippen LogP contribution is 2.43. The van der Waals surface area contributed by atoms with Crippen LogP contribution in [0, 0.1) is 15.4 Å². The number of anilines is 2. The third-order valence-corrected chi connectivity index (χ3v) is 15.1. The van der Waals surface area contributed by atoms with Crippen molar-refractivity contribution in [3.8, 4) is 11.8 Å². The van der Waals surface area contributed by atoms with E-state index in [1.807, 2.05) is 12.1 Å². The van der Waals surface area contributed by atoms with E-state index < -0.39 is 40.5 Å². The number of hydrogen-bond donors (Lipinski definition) is 2. The summed E-state index contributed by atoms with van der Waals surface area (Å²) in [5.74, 6) is 6.90. The molecule has 3 N–H and O–H groups in total. The Labute approximate surface area is 349 Å². The predicted octanol–water partition coefficient (Wildman–Crippen LogP) is 8.26. The molecule has 0 amide bonds. The molecule has 4 aromatic rings. The number of nitrogens with two attached hydrogens (primary N) is 1. The molecule has 298 valence electrons. The Kier molecular flexibility index (Phi) is 15.5. The van der Waals surface area contributed by atoms with Crippen molar-refractivity contribution in [1.29, 1.82) is 0 Å². The van der Waals surface area contributed by atoms with E-state index in [0.29, 0.717) is 51.2 Å². The van der Waals surface area contributed by atoms with Gasteiger partial charge in [0, 0.05) is 47.1 Å². The molecular weight excluding hydrogens is 914 g/mol. The average Bonchev–Trinajstić information content (AvgIpc) is 3.43. The lowest BCUT2D eigenvalue weighted by Crippen LogP contribution is -2.30. The summed E-state index contributed by atoms with van der Waals surface area (Å²) in [5, 5.41) is 9.93. The number of carbonyl (C=O) groups is 1. The van der Waals surface area contributed by atoms with Crippen molar-refractivity contribution < 1.29 is 32.5 Å². The summed E-state index contributed by atoms with van der Waals surface area (Å²) in [6, 6.07) is 15.8. The Morgan fingerprint density at radius 2 is 1.78 bits per heavy atom. The van der Waals surface area contributed by atoms with Gasteiger partial charge >= 0.3 is 5.97 Å². The average molecular weight is 962 g/mol. The van der Waals surface area contributed by atoms with E-state index in [9.17, 15) is 13.2 Å². The van der Waals surface area contributed by atoms with Crippen LogP contribution >= 0.6 is 55.8 Å². The molecule has 0 unspecified atom stereocenters. The van der Waals surface area contributed by atoms with Crippen molar-refractivity contribution in [3.05, 3.63) is 91.3 Å². The molecule has 0 radical (unpaired) electrons. The van der Waals surface area contributed by atoms with Crippen LogP contribution in [0.1, 0.15) is 16.7 Å². The molecule has 0 atom stereocenters. The second-order valence-corrected chi connectivity index (χ2v) is 28.4. The van der Waals surface area contributed by atoms with Gasteiger partial charge < -0.3 is 25.1 Å². The van der Waals surface area contributed by atoms with Crippen molar-refractivity contribution in [2.24, 2.45) is 0 Å². The lowest BCUT2D eigenvalue weighted by molar-refractivity contribution is -0.140. The van der Waals surface area contributed by atoms with E-state index in [2.05, 4.69) is 90.3 Å². The minimum atomic E-state index is -3.60. The zero-order valence-corrected chi connectivity index (χ0v) is 38.1. The maximum atomic E-state index is 12.5. The third-order valence-electron chi connectivity index (χ3n) is 8.20. The second kappa shape index (κ2) is 19.0. The number of ether oxygens (including phenoxy) is 3. The minimum Gasteiger partial charge on any atom is -0.479 e. The Bertz CT molecular complexity index is 2240. The summed E-state index contributed by atoms with van der Waals surface area (Å²) in [6.07, 6.45) is 5.60.